The van der Waals surface area contributed by atoms with Crippen molar-refractivity contribution in [1.29, 1.82) is 0 Å². The first-order valence-corrected chi connectivity index (χ1v) is 5.19. The molecule has 1 amide bonds. The van der Waals surface area contributed by atoms with Crippen molar-refractivity contribution < 1.29 is 4.79 Å². The number of amides is 1. The van der Waals surface area contributed by atoms with Gasteiger partial charge in [0.25, 0.3) is 5.91 Å². The van der Waals surface area contributed by atoms with E-state index in [0.29, 0.717) is 5.56 Å². The summed E-state index contributed by atoms with van der Waals surface area (Å²) in [5, 5.41) is 5.62. The Labute approximate surface area is 91.9 Å². The Bertz CT molecular complexity index is 321. The number of aryl methyl sites for hydroxylation is 1. The van der Waals surface area contributed by atoms with Crippen LogP contribution in [0.15, 0.2) is 18.2 Å². The van der Waals surface area contributed by atoms with Gasteiger partial charge in [-0.05, 0) is 24.6 Å². The second kappa shape index (κ2) is 6.87. The molecule has 2 N–H and O–H groups in total. The first kappa shape index (κ1) is 13.5. The maximum absolute atomic E-state index is 11.3. The van der Waals surface area contributed by atoms with Crippen molar-refractivity contribution in [3.63, 3.8) is 0 Å². The molecule has 3 heteroatoms. The Hall–Kier alpha value is -1.51. The predicted molar refractivity (Wildman–Crippen MR) is 65.5 cm³/mol. The SMILES string of the molecule is CC.CNC(=O)c1ccc(C)c(NC)c1. The van der Waals surface area contributed by atoms with E-state index in [1.165, 1.54) is 0 Å². The molecule has 0 heterocycles. The Balaban J connectivity index is 0.000000921. The second-order valence-electron chi connectivity index (χ2n) is 2.86. The number of hydrogen-bond acceptors (Lipinski definition) is 2. The third-order valence-electron chi connectivity index (χ3n) is 2.00. The van der Waals surface area contributed by atoms with Gasteiger partial charge in [0, 0.05) is 25.3 Å². The van der Waals surface area contributed by atoms with Crippen molar-refractivity contribution in [2.45, 2.75) is 20.8 Å². The first-order valence-electron chi connectivity index (χ1n) is 5.19. The minimum atomic E-state index is -0.0588. The molecule has 0 radical (unpaired) electrons. The largest absolute Gasteiger partial charge is 0.388 e. The van der Waals surface area contributed by atoms with E-state index in [-0.39, 0.29) is 5.91 Å². The lowest BCUT2D eigenvalue weighted by atomic mass is 10.1. The van der Waals surface area contributed by atoms with Crippen LogP contribution >= 0.6 is 0 Å². The summed E-state index contributed by atoms with van der Waals surface area (Å²) in [7, 11) is 3.47. The zero-order valence-corrected chi connectivity index (χ0v) is 10.1. The van der Waals surface area contributed by atoms with Gasteiger partial charge in [0.15, 0.2) is 0 Å². The molecule has 0 aliphatic carbocycles. The van der Waals surface area contributed by atoms with Gasteiger partial charge in [0.05, 0.1) is 0 Å². The molecule has 0 aliphatic rings. The van der Waals surface area contributed by atoms with Crippen LogP contribution in [0.2, 0.25) is 0 Å². The lowest BCUT2D eigenvalue weighted by molar-refractivity contribution is 0.0963. The first-order chi connectivity index (χ1) is 7.19. The summed E-state index contributed by atoms with van der Waals surface area (Å²) in [6.07, 6.45) is 0. The number of nitrogens with one attached hydrogen (secondary N) is 2. The fourth-order valence-electron chi connectivity index (χ4n) is 1.18. The molecule has 0 spiro atoms. The van der Waals surface area contributed by atoms with E-state index in [9.17, 15) is 4.79 Å². The summed E-state index contributed by atoms with van der Waals surface area (Å²) in [4.78, 5) is 11.3. The van der Waals surface area contributed by atoms with Gasteiger partial charge in [0.2, 0.25) is 0 Å². The van der Waals surface area contributed by atoms with Crippen molar-refractivity contribution in [2.75, 3.05) is 19.4 Å². The summed E-state index contributed by atoms with van der Waals surface area (Å²) in [6.45, 7) is 6.00. The van der Waals surface area contributed by atoms with Gasteiger partial charge in [-0.3, -0.25) is 4.79 Å². The molecule has 0 aromatic heterocycles. The number of anilines is 1. The molecule has 84 valence electrons. The van der Waals surface area contributed by atoms with Crippen molar-refractivity contribution in [3.05, 3.63) is 29.3 Å². The number of benzene rings is 1. The minimum Gasteiger partial charge on any atom is -0.388 e. The highest BCUT2D eigenvalue weighted by atomic mass is 16.1. The average molecular weight is 208 g/mol. The van der Waals surface area contributed by atoms with Crippen molar-refractivity contribution in [1.82, 2.24) is 5.32 Å². The fraction of sp³-hybridized carbons (Fsp3) is 0.417. The van der Waals surface area contributed by atoms with Gasteiger partial charge < -0.3 is 10.6 Å². The van der Waals surface area contributed by atoms with E-state index in [0.717, 1.165) is 11.3 Å². The van der Waals surface area contributed by atoms with Crippen molar-refractivity contribution in [3.8, 4) is 0 Å². The normalized spacial score (nSPS) is 8.60. The highest BCUT2D eigenvalue weighted by Crippen LogP contribution is 2.15. The molecule has 0 unspecified atom stereocenters. The van der Waals surface area contributed by atoms with Crippen LogP contribution in [0.4, 0.5) is 5.69 Å². The monoisotopic (exact) mass is 208 g/mol. The van der Waals surface area contributed by atoms with Gasteiger partial charge in [-0.25, -0.2) is 0 Å². The topological polar surface area (TPSA) is 41.1 Å². The van der Waals surface area contributed by atoms with Crippen LogP contribution in [0.25, 0.3) is 0 Å². The highest BCUT2D eigenvalue weighted by Gasteiger charge is 2.04. The molecule has 3 nitrogen and oxygen atoms in total. The average Bonchev–Trinajstić information content (AvgIpc) is 2.31. The molecular weight excluding hydrogens is 188 g/mol. The summed E-state index contributed by atoms with van der Waals surface area (Å²) in [6, 6.07) is 5.58. The lowest BCUT2D eigenvalue weighted by Crippen LogP contribution is -2.17. The van der Waals surface area contributed by atoms with Crippen LogP contribution in [0.3, 0.4) is 0 Å². The molecule has 0 aliphatic heterocycles. The number of carbonyl (C=O) groups excluding carboxylic acids is 1. The highest BCUT2D eigenvalue weighted by molar-refractivity contribution is 5.95. The molecule has 0 bridgehead atoms. The lowest BCUT2D eigenvalue weighted by Gasteiger charge is -2.06. The fourth-order valence-corrected chi connectivity index (χ4v) is 1.18. The Morgan fingerprint density at radius 3 is 2.27 bits per heavy atom. The minimum absolute atomic E-state index is 0.0588. The summed E-state index contributed by atoms with van der Waals surface area (Å²) in [5.74, 6) is -0.0588. The molecule has 15 heavy (non-hydrogen) atoms. The van der Waals surface area contributed by atoms with Crippen LogP contribution in [0.5, 0.6) is 0 Å². The third kappa shape index (κ3) is 3.62. The van der Waals surface area contributed by atoms with Crippen LogP contribution in [-0.4, -0.2) is 20.0 Å². The Kier molecular flexibility index (Phi) is 6.18. The molecule has 0 saturated heterocycles. The predicted octanol–water partition coefficient (Wildman–Crippen LogP) is 2.42. The molecule has 1 aromatic carbocycles. The van der Waals surface area contributed by atoms with Crippen molar-refractivity contribution in [2.24, 2.45) is 0 Å². The van der Waals surface area contributed by atoms with E-state index in [1.54, 1.807) is 7.05 Å². The zero-order chi connectivity index (χ0) is 11.8. The summed E-state index contributed by atoms with van der Waals surface area (Å²) < 4.78 is 0. The third-order valence-corrected chi connectivity index (χ3v) is 2.00. The van der Waals surface area contributed by atoms with Crippen molar-refractivity contribution >= 4 is 11.6 Å². The maximum atomic E-state index is 11.3. The second-order valence-corrected chi connectivity index (χ2v) is 2.86. The smallest absolute Gasteiger partial charge is 0.251 e. The van der Waals surface area contributed by atoms with Gasteiger partial charge in [-0.15, -0.1) is 0 Å². The standard InChI is InChI=1S/C10H14N2O.C2H6/c1-7-4-5-8(10(13)12-3)6-9(7)11-2;1-2/h4-6,11H,1-3H3,(H,12,13);1-2H3. The van der Waals surface area contributed by atoms with Gasteiger partial charge >= 0.3 is 0 Å². The Morgan fingerprint density at radius 1 is 1.20 bits per heavy atom. The molecule has 0 fully saturated rings. The molecule has 1 rings (SSSR count). The number of carbonyl (C=O) groups is 1. The quantitative estimate of drug-likeness (QED) is 0.783. The molecule has 0 atom stereocenters. The van der Waals surface area contributed by atoms with Crippen LogP contribution in [-0.2, 0) is 0 Å². The Morgan fingerprint density at radius 2 is 1.80 bits per heavy atom. The zero-order valence-electron chi connectivity index (χ0n) is 10.1. The maximum Gasteiger partial charge on any atom is 0.251 e. The number of rotatable bonds is 2. The van der Waals surface area contributed by atoms with E-state index >= 15 is 0 Å². The summed E-state index contributed by atoms with van der Waals surface area (Å²) in [5.41, 5.74) is 2.80. The molecule has 1 aromatic rings. The number of hydrogen-bond donors (Lipinski definition) is 2. The van der Waals surface area contributed by atoms with Gasteiger partial charge in [-0.2, -0.15) is 0 Å². The summed E-state index contributed by atoms with van der Waals surface area (Å²) >= 11 is 0. The van der Waals surface area contributed by atoms with Crippen LogP contribution in [0.1, 0.15) is 29.8 Å². The van der Waals surface area contributed by atoms with E-state index < -0.39 is 0 Å². The van der Waals surface area contributed by atoms with Gasteiger partial charge in [0.1, 0.15) is 0 Å². The van der Waals surface area contributed by atoms with Crippen LogP contribution in [0, 0.1) is 6.92 Å². The van der Waals surface area contributed by atoms with E-state index in [4.69, 9.17) is 0 Å². The molecule has 0 saturated carbocycles. The molecular formula is C12H20N2O. The van der Waals surface area contributed by atoms with Gasteiger partial charge in [-0.1, -0.05) is 19.9 Å². The van der Waals surface area contributed by atoms with Crippen LogP contribution < -0.4 is 10.6 Å². The van der Waals surface area contributed by atoms with E-state index in [2.05, 4.69) is 10.6 Å². The van der Waals surface area contributed by atoms with E-state index in [1.807, 2.05) is 46.0 Å².